The molecule has 6 rings (SSSR count). The SMILES string of the molecule is COc1cc2c(cc1-c1c(C)noc1C)[nH]c1nc(C)nc(Nc3c(-c4ccccc4)noc3C)c12. The van der Waals surface area contributed by atoms with E-state index < -0.39 is 0 Å². The van der Waals surface area contributed by atoms with E-state index in [1.807, 2.05) is 70.2 Å². The van der Waals surface area contributed by atoms with E-state index in [4.69, 9.17) is 18.8 Å². The zero-order valence-electron chi connectivity index (χ0n) is 20.6. The van der Waals surface area contributed by atoms with Crippen LogP contribution in [0.5, 0.6) is 5.75 Å². The molecular formula is C27H24N6O3. The van der Waals surface area contributed by atoms with Crippen molar-refractivity contribution in [2.24, 2.45) is 0 Å². The van der Waals surface area contributed by atoms with E-state index in [1.54, 1.807) is 7.11 Å². The highest BCUT2D eigenvalue weighted by Crippen LogP contribution is 2.41. The van der Waals surface area contributed by atoms with Gasteiger partial charge in [0.05, 0.1) is 23.8 Å². The number of aromatic amines is 1. The number of H-pyrrole nitrogens is 1. The predicted octanol–water partition coefficient (Wildman–Crippen LogP) is 6.41. The van der Waals surface area contributed by atoms with Crippen molar-refractivity contribution in [2.45, 2.75) is 27.7 Å². The fourth-order valence-corrected chi connectivity index (χ4v) is 4.69. The van der Waals surface area contributed by atoms with E-state index in [2.05, 4.69) is 25.6 Å². The molecule has 0 spiro atoms. The highest BCUT2D eigenvalue weighted by molar-refractivity contribution is 6.13. The van der Waals surface area contributed by atoms with Crippen LogP contribution in [0.15, 0.2) is 51.5 Å². The minimum atomic E-state index is 0.629. The van der Waals surface area contributed by atoms with Gasteiger partial charge < -0.3 is 24.1 Å². The van der Waals surface area contributed by atoms with E-state index in [9.17, 15) is 0 Å². The number of anilines is 2. The number of benzene rings is 2. The molecular weight excluding hydrogens is 456 g/mol. The lowest BCUT2D eigenvalue weighted by Gasteiger charge is -2.10. The molecule has 0 aliphatic carbocycles. The van der Waals surface area contributed by atoms with Crippen molar-refractivity contribution in [3.63, 3.8) is 0 Å². The molecule has 0 saturated carbocycles. The minimum Gasteiger partial charge on any atom is -0.496 e. The first-order valence-corrected chi connectivity index (χ1v) is 11.5. The quantitative estimate of drug-likeness (QED) is 0.291. The minimum absolute atomic E-state index is 0.629. The Morgan fingerprint density at radius 2 is 1.69 bits per heavy atom. The lowest BCUT2D eigenvalue weighted by Crippen LogP contribution is -2.00. The van der Waals surface area contributed by atoms with Crippen LogP contribution in [0.25, 0.3) is 44.3 Å². The molecule has 4 heterocycles. The molecule has 0 aliphatic heterocycles. The first kappa shape index (κ1) is 21.8. The van der Waals surface area contributed by atoms with Gasteiger partial charge in [-0.05, 0) is 39.8 Å². The molecule has 0 aliphatic rings. The van der Waals surface area contributed by atoms with Gasteiger partial charge in [0, 0.05) is 22.0 Å². The number of nitrogens with zero attached hydrogens (tertiary/aromatic N) is 4. The van der Waals surface area contributed by atoms with Crippen molar-refractivity contribution in [3.05, 3.63) is 65.5 Å². The van der Waals surface area contributed by atoms with Crippen LogP contribution in [0.4, 0.5) is 11.5 Å². The molecule has 0 bridgehead atoms. The average Bonchev–Trinajstić information content (AvgIpc) is 3.52. The van der Waals surface area contributed by atoms with E-state index in [1.165, 1.54) is 0 Å². The van der Waals surface area contributed by atoms with Gasteiger partial charge in [0.25, 0.3) is 0 Å². The third-order valence-electron chi connectivity index (χ3n) is 6.34. The Labute approximate surface area is 206 Å². The Morgan fingerprint density at radius 1 is 0.917 bits per heavy atom. The van der Waals surface area contributed by atoms with E-state index in [-0.39, 0.29) is 0 Å². The maximum atomic E-state index is 5.80. The van der Waals surface area contributed by atoms with Gasteiger partial charge >= 0.3 is 0 Å². The summed E-state index contributed by atoms with van der Waals surface area (Å²) in [5, 5.41) is 13.7. The largest absolute Gasteiger partial charge is 0.496 e. The molecule has 6 aromatic rings. The zero-order chi connectivity index (χ0) is 25.0. The van der Waals surface area contributed by atoms with Crippen LogP contribution in [-0.2, 0) is 0 Å². The second-order valence-electron chi connectivity index (χ2n) is 8.72. The van der Waals surface area contributed by atoms with Crippen molar-refractivity contribution >= 4 is 33.4 Å². The first-order chi connectivity index (χ1) is 17.4. The standard InChI is InChI=1S/C27H24N6O3/c1-13-22(14(2)35-32-13)19-11-20-18(12-21(19)34-5)23-26(30-20)28-16(4)29-27(23)31-24-15(3)36-33-25(24)17-9-7-6-8-10-17/h6-12H,1-5H3,(H2,28,29,30,31). The number of rotatable bonds is 5. The van der Waals surface area contributed by atoms with Crippen molar-refractivity contribution in [1.82, 2.24) is 25.3 Å². The van der Waals surface area contributed by atoms with Crippen LogP contribution in [0, 0.1) is 27.7 Å². The predicted molar refractivity (Wildman–Crippen MR) is 138 cm³/mol. The third kappa shape index (κ3) is 3.39. The van der Waals surface area contributed by atoms with Crippen LogP contribution in [-0.4, -0.2) is 32.4 Å². The Hall–Kier alpha value is -4.66. The monoisotopic (exact) mass is 480 g/mol. The van der Waals surface area contributed by atoms with Gasteiger partial charge in [0.1, 0.15) is 40.2 Å². The number of fused-ring (bicyclic) bond motifs is 3. The zero-order valence-corrected chi connectivity index (χ0v) is 20.6. The number of nitrogens with one attached hydrogen (secondary N) is 2. The van der Waals surface area contributed by atoms with Crippen molar-refractivity contribution in [1.29, 1.82) is 0 Å². The smallest absolute Gasteiger partial charge is 0.157 e. The van der Waals surface area contributed by atoms with Crippen LogP contribution in [0.3, 0.4) is 0 Å². The number of hydrogen-bond acceptors (Lipinski definition) is 8. The second kappa shape index (κ2) is 8.23. The highest BCUT2D eigenvalue weighted by Gasteiger charge is 2.22. The molecule has 0 saturated heterocycles. The molecule has 4 aromatic heterocycles. The lowest BCUT2D eigenvalue weighted by atomic mass is 10.0. The lowest BCUT2D eigenvalue weighted by molar-refractivity contribution is 0.393. The van der Waals surface area contributed by atoms with Crippen LogP contribution in [0.2, 0.25) is 0 Å². The summed E-state index contributed by atoms with van der Waals surface area (Å²) in [4.78, 5) is 12.9. The van der Waals surface area contributed by atoms with Gasteiger partial charge in [0.2, 0.25) is 0 Å². The number of hydrogen-bond donors (Lipinski definition) is 2. The fraction of sp³-hybridized carbons (Fsp3) is 0.185. The van der Waals surface area contributed by atoms with E-state index in [0.717, 1.165) is 55.8 Å². The summed E-state index contributed by atoms with van der Waals surface area (Å²) in [5.41, 5.74) is 6.65. The molecule has 180 valence electrons. The highest BCUT2D eigenvalue weighted by atomic mass is 16.5. The molecule has 2 aromatic carbocycles. The molecule has 36 heavy (non-hydrogen) atoms. The maximum Gasteiger partial charge on any atom is 0.157 e. The van der Waals surface area contributed by atoms with Gasteiger partial charge in [-0.2, -0.15) is 0 Å². The Bertz CT molecular complexity index is 1730. The number of aromatic nitrogens is 5. The maximum absolute atomic E-state index is 5.80. The Kier molecular flexibility index (Phi) is 4.99. The summed E-state index contributed by atoms with van der Waals surface area (Å²) < 4.78 is 16.8. The van der Waals surface area contributed by atoms with Gasteiger partial charge in [0.15, 0.2) is 5.76 Å². The number of ether oxygens (including phenoxy) is 1. The summed E-state index contributed by atoms with van der Waals surface area (Å²) in [6, 6.07) is 13.9. The normalized spacial score (nSPS) is 11.5. The first-order valence-electron chi connectivity index (χ1n) is 11.5. The van der Waals surface area contributed by atoms with Gasteiger partial charge in [-0.15, -0.1) is 0 Å². The molecule has 0 unspecified atom stereocenters. The summed E-state index contributed by atoms with van der Waals surface area (Å²) in [6.07, 6.45) is 0. The van der Waals surface area contributed by atoms with E-state index in [0.29, 0.717) is 28.8 Å². The Balaban J connectivity index is 1.56. The molecule has 0 amide bonds. The van der Waals surface area contributed by atoms with Crippen LogP contribution < -0.4 is 10.1 Å². The fourth-order valence-electron chi connectivity index (χ4n) is 4.69. The topological polar surface area (TPSA) is 115 Å². The van der Waals surface area contributed by atoms with Gasteiger partial charge in [-0.25, -0.2) is 9.97 Å². The van der Waals surface area contributed by atoms with E-state index >= 15 is 0 Å². The molecule has 0 atom stereocenters. The second-order valence-corrected chi connectivity index (χ2v) is 8.72. The van der Waals surface area contributed by atoms with Gasteiger partial charge in [-0.3, -0.25) is 0 Å². The molecule has 9 nitrogen and oxygen atoms in total. The number of aryl methyl sites for hydroxylation is 4. The summed E-state index contributed by atoms with van der Waals surface area (Å²) in [7, 11) is 1.66. The van der Waals surface area contributed by atoms with Crippen molar-refractivity contribution < 1.29 is 13.8 Å². The van der Waals surface area contributed by atoms with Crippen LogP contribution in [0.1, 0.15) is 23.0 Å². The summed E-state index contributed by atoms with van der Waals surface area (Å²) in [6.45, 7) is 7.56. The molecule has 9 heteroatoms. The van der Waals surface area contributed by atoms with Crippen molar-refractivity contribution in [3.8, 4) is 28.1 Å². The van der Waals surface area contributed by atoms with Crippen molar-refractivity contribution in [2.75, 3.05) is 12.4 Å². The molecule has 0 radical (unpaired) electrons. The summed E-state index contributed by atoms with van der Waals surface area (Å²) in [5.74, 6) is 3.38. The summed E-state index contributed by atoms with van der Waals surface area (Å²) >= 11 is 0. The van der Waals surface area contributed by atoms with Crippen LogP contribution >= 0.6 is 0 Å². The molecule has 2 N–H and O–H groups in total. The molecule has 0 fully saturated rings. The average molecular weight is 481 g/mol. The number of methoxy groups -OCH3 is 1. The Morgan fingerprint density at radius 3 is 2.42 bits per heavy atom. The van der Waals surface area contributed by atoms with Gasteiger partial charge in [-0.1, -0.05) is 40.6 Å². The third-order valence-corrected chi connectivity index (χ3v) is 6.34.